The number of carbonyl (C=O) groups excluding carboxylic acids is 2. The molecule has 0 unspecified atom stereocenters. The summed E-state index contributed by atoms with van der Waals surface area (Å²) >= 11 is 0. The molecule has 2 heterocycles. The predicted octanol–water partition coefficient (Wildman–Crippen LogP) is 2.75. The van der Waals surface area contributed by atoms with Crippen LogP contribution in [0.3, 0.4) is 0 Å². The minimum atomic E-state index is -0.489. The highest BCUT2D eigenvalue weighted by Gasteiger charge is 2.13. The summed E-state index contributed by atoms with van der Waals surface area (Å²) in [7, 11) is 1.31. The number of fused-ring (bicyclic) bond motifs is 1. The van der Waals surface area contributed by atoms with Crippen molar-refractivity contribution in [2.45, 2.75) is 6.42 Å². The average Bonchev–Trinajstić information content (AvgIpc) is 3.15. The molecule has 0 aliphatic rings. The number of pyridine rings is 1. The zero-order chi connectivity index (χ0) is 19.8. The van der Waals surface area contributed by atoms with Crippen molar-refractivity contribution in [3.05, 3.63) is 60.6 Å². The number of aromatic amines is 1. The van der Waals surface area contributed by atoms with Crippen LogP contribution in [0.4, 0.5) is 10.5 Å². The maximum absolute atomic E-state index is 12.8. The fourth-order valence-electron chi connectivity index (χ4n) is 2.73. The Hall–Kier alpha value is -3.68. The number of amides is 2. The normalized spacial score (nSPS) is 10.9. The minimum absolute atomic E-state index is 0.172. The minimum Gasteiger partial charge on any atom is -0.453 e. The van der Waals surface area contributed by atoms with Gasteiger partial charge in [0.1, 0.15) is 0 Å². The van der Waals surface area contributed by atoms with Gasteiger partial charge in [-0.3, -0.25) is 14.9 Å². The number of aromatic nitrogens is 3. The third-order valence-electron chi connectivity index (χ3n) is 4.12. The predicted molar refractivity (Wildman–Crippen MR) is 107 cm³/mol. The number of anilines is 1. The first-order valence-electron chi connectivity index (χ1n) is 8.83. The molecule has 28 heavy (non-hydrogen) atoms. The summed E-state index contributed by atoms with van der Waals surface area (Å²) in [4.78, 5) is 29.7. The van der Waals surface area contributed by atoms with E-state index in [-0.39, 0.29) is 5.91 Å². The molecule has 0 spiro atoms. The van der Waals surface area contributed by atoms with Crippen LogP contribution in [0, 0.1) is 0 Å². The number of H-pyrrole nitrogens is 1. The molecular weight excluding hydrogens is 358 g/mol. The molecule has 0 saturated carbocycles. The molecule has 0 aliphatic heterocycles. The van der Waals surface area contributed by atoms with Gasteiger partial charge in [0, 0.05) is 36.4 Å². The van der Waals surface area contributed by atoms with Crippen LogP contribution in [0.1, 0.15) is 12.1 Å². The molecule has 0 saturated heterocycles. The Balaban J connectivity index is 1.71. The summed E-state index contributed by atoms with van der Waals surface area (Å²) in [6.07, 6.45) is 6.65. The molecule has 0 radical (unpaired) electrons. The van der Waals surface area contributed by atoms with Crippen LogP contribution < -0.4 is 10.2 Å². The molecule has 0 bridgehead atoms. The van der Waals surface area contributed by atoms with E-state index < -0.39 is 6.09 Å². The maximum atomic E-state index is 12.8. The van der Waals surface area contributed by atoms with Crippen molar-refractivity contribution in [1.82, 2.24) is 20.5 Å². The number of nitrogens with zero attached hydrogens (tertiary/aromatic N) is 3. The van der Waals surface area contributed by atoms with Gasteiger partial charge in [0.2, 0.25) is 0 Å². The van der Waals surface area contributed by atoms with Crippen molar-refractivity contribution in [3.8, 4) is 0 Å². The van der Waals surface area contributed by atoms with E-state index in [0.717, 1.165) is 16.6 Å². The monoisotopic (exact) mass is 379 g/mol. The van der Waals surface area contributed by atoms with Gasteiger partial charge in [0.25, 0.3) is 5.91 Å². The molecule has 2 N–H and O–H groups in total. The van der Waals surface area contributed by atoms with Gasteiger partial charge in [-0.1, -0.05) is 18.2 Å². The first-order chi connectivity index (χ1) is 13.7. The van der Waals surface area contributed by atoms with Crippen LogP contribution in [0.2, 0.25) is 0 Å². The molecule has 144 valence electrons. The number of para-hydroxylation sites is 1. The summed E-state index contributed by atoms with van der Waals surface area (Å²) in [5.41, 5.74) is 2.26. The molecule has 0 aliphatic carbocycles. The SMILES string of the molecule is COC(=O)NCCCN(C(=O)C=Cc1n[nH]c2cnccc12)c1ccccc1. The summed E-state index contributed by atoms with van der Waals surface area (Å²) in [5.74, 6) is -0.172. The van der Waals surface area contributed by atoms with Crippen molar-refractivity contribution in [2.75, 3.05) is 25.1 Å². The second kappa shape index (κ2) is 9.31. The van der Waals surface area contributed by atoms with Crippen molar-refractivity contribution < 1.29 is 14.3 Å². The van der Waals surface area contributed by atoms with Crippen LogP contribution in [0.25, 0.3) is 17.0 Å². The number of carbonyl (C=O) groups is 2. The number of methoxy groups -OCH3 is 1. The number of hydrogen-bond acceptors (Lipinski definition) is 5. The van der Waals surface area contributed by atoms with Gasteiger partial charge in [0.15, 0.2) is 0 Å². The molecule has 0 atom stereocenters. The second-order valence-corrected chi connectivity index (χ2v) is 5.96. The lowest BCUT2D eigenvalue weighted by atomic mass is 10.2. The molecule has 3 rings (SSSR count). The number of rotatable bonds is 7. The van der Waals surface area contributed by atoms with Crippen LogP contribution in [-0.4, -0.2) is 47.4 Å². The topological polar surface area (TPSA) is 100 Å². The van der Waals surface area contributed by atoms with Crippen molar-refractivity contribution in [1.29, 1.82) is 0 Å². The largest absolute Gasteiger partial charge is 0.453 e. The van der Waals surface area contributed by atoms with Crippen molar-refractivity contribution in [2.24, 2.45) is 0 Å². The number of ether oxygens (including phenoxy) is 1. The fraction of sp³-hybridized carbons (Fsp3) is 0.200. The lowest BCUT2D eigenvalue weighted by molar-refractivity contribution is -0.114. The Labute approximate surface area is 162 Å². The van der Waals surface area contributed by atoms with Gasteiger partial charge in [0.05, 0.1) is 24.5 Å². The van der Waals surface area contributed by atoms with Gasteiger partial charge in [-0.25, -0.2) is 4.79 Å². The van der Waals surface area contributed by atoms with E-state index in [1.807, 2.05) is 36.4 Å². The zero-order valence-corrected chi connectivity index (χ0v) is 15.5. The lowest BCUT2D eigenvalue weighted by Gasteiger charge is -2.21. The van der Waals surface area contributed by atoms with E-state index in [9.17, 15) is 9.59 Å². The van der Waals surface area contributed by atoms with Crippen LogP contribution in [0.5, 0.6) is 0 Å². The van der Waals surface area contributed by atoms with E-state index in [4.69, 9.17) is 0 Å². The van der Waals surface area contributed by atoms with E-state index in [1.54, 1.807) is 23.4 Å². The third-order valence-corrected chi connectivity index (χ3v) is 4.12. The van der Waals surface area contributed by atoms with Gasteiger partial charge in [-0.2, -0.15) is 5.10 Å². The second-order valence-electron chi connectivity index (χ2n) is 5.96. The van der Waals surface area contributed by atoms with Gasteiger partial charge >= 0.3 is 6.09 Å². The average molecular weight is 379 g/mol. The molecule has 2 aromatic heterocycles. The Morgan fingerprint density at radius 2 is 2.07 bits per heavy atom. The zero-order valence-electron chi connectivity index (χ0n) is 15.5. The van der Waals surface area contributed by atoms with Crippen LogP contribution in [-0.2, 0) is 9.53 Å². The van der Waals surface area contributed by atoms with Gasteiger partial charge < -0.3 is 15.0 Å². The highest BCUT2D eigenvalue weighted by atomic mass is 16.5. The van der Waals surface area contributed by atoms with Crippen LogP contribution in [0.15, 0.2) is 54.9 Å². The summed E-state index contributed by atoms with van der Waals surface area (Å²) in [5, 5.41) is 10.6. The summed E-state index contributed by atoms with van der Waals surface area (Å²) < 4.78 is 4.55. The van der Waals surface area contributed by atoms with E-state index in [2.05, 4.69) is 25.2 Å². The number of nitrogens with one attached hydrogen (secondary N) is 2. The fourth-order valence-corrected chi connectivity index (χ4v) is 2.73. The molecular formula is C20H21N5O3. The quantitative estimate of drug-likeness (QED) is 0.486. The first-order valence-corrected chi connectivity index (χ1v) is 8.83. The van der Waals surface area contributed by atoms with Crippen molar-refractivity contribution in [3.63, 3.8) is 0 Å². The molecule has 0 fully saturated rings. The van der Waals surface area contributed by atoms with Gasteiger partial charge in [-0.05, 0) is 30.7 Å². The molecule has 2 amide bonds. The first kappa shape index (κ1) is 19.1. The van der Waals surface area contributed by atoms with E-state index in [0.29, 0.717) is 25.2 Å². The number of alkyl carbamates (subject to hydrolysis) is 1. The highest BCUT2D eigenvalue weighted by Crippen LogP contribution is 2.17. The Bertz CT molecular complexity index is 968. The van der Waals surface area contributed by atoms with Crippen molar-refractivity contribution >= 4 is 34.7 Å². The molecule has 8 nitrogen and oxygen atoms in total. The Kier molecular flexibility index (Phi) is 6.35. The number of benzene rings is 1. The third kappa shape index (κ3) is 4.73. The molecule has 1 aromatic carbocycles. The van der Waals surface area contributed by atoms with Gasteiger partial charge in [-0.15, -0.1) is 0 Å². The maximum Gasteiger partial charge on any atom is 0.406 e. The summed E-state index contributed by atoms with van der Waals surface area (Å²) in [6, 6.07) is 11.2. The smallest absolute Gasteiger partial charge is 0.406 e. The standard InChI is InChI=1S/C20H21N5O3/c1-28-20(27)22-11-5-13-25(15-6-3-2-4-7-15)19(26)9-8-17-16-10-12-21-14-18(16)24-23-17/h2-4,6-10,12,14H,5,11,13H2,1H3,(H,22,27)(H,23,24). The van der Waals surface area contributed by atoms with Crippen LogP contribution >= 0.6 is 0 Å². The molecule has 3 aromatic rings. The number of hydrogen-bond donors (Lipinski definition) is 2. The summed E-state index contributed by atoms with van der Waals surface area (Å²) in [6.45, 7) is 0.854. The Morgan fingerprint density at radius 3 is 2.86 bits per heavy atom. The lowest BCUT2D eigenvalue weighted by Crippen LogP contribution is -2.33. The Morgan fingerprint density at radius 1 is 1.25 bits per heavy atom. The van der Waals surface area contributed by atoms with E-state index >= 15 is 0 Å². The molecule has 8 heteroatoms. The van der Waals surface area contributed by atoms with E-state index in [1.165, 1.54) is 13.2 Å². The highest BCUT2D eigenvalue weighted by molar-refractivity contribution is 6.04.